The highest BCUT2D eigenvalue weighted by atomic mass is 19.1. The van der Waals surface area contributed by atoms with Crippen molar-refractivity contribution >= 4 is 17.5 Å². The third-order valence-corrected chi connectivity index (χ3v) is 4.43. The van der Waals surface area contributed by atoms with Crippen molar-refractivity contribution in [3.05, 3.63) is 41.8 Å². The highest BCUT2D eigenvalue weighted by molar-refractivity contribution is 5.49. The predicted octanol–water partition coefficient (Wildman–Crippen LogP) is 2.70. The molecule has 1 saturated heterocycles. The Balaban J connectivity index is 1.59. The number of benzene rings is 1. The number of aromatic nitrogens is 2. The molecule has 0 aliphatic carbocycles. The van der Waals surface area contributed by atoms with Crippen LogP contribution >= 0.6 is 0 Å². The van der Waals surface area contributed by atoms with Gasteiger partial charge in [0.1, 0.15) is 11.6 Å². The van der Waals surface area contributed by atoms with Gasteiger partial charge in [0.05, 0.1) is 0 Å². The van der Waals surface area contributed by atoms with Gasteiger partial charge >= 0.3 is 0 Å². The summed E-state index contributed by atoms with van der Waals surface area (Å²) >= 11 is 0. The molecular weight excluding hydrogens is 333 g/mol. The van der Waals surface area contributed by atoms with Crippen molar-refractivity contribution in [3.8, 4) is 0 Å². The average molecular weight is 359 g/mol. The standard InChI is InChI=1S/C19H26FN5O/c1-15-14-18(21-8-3-13-26-2)23-19(22-15)25-11-9-24(10-12-25)17-6-4-16(20)5-7-17/h4-7,14H,3,8-13H2,1-2H3,(H,21,22,23). The van der Waals surface area contributed by atoms with E-state index in [1.807, 2.05) is 25.1 Å². The van der Waals surface area contributed by atoms with E-state index in [1.165, 1.54) is 12.1 Å². The molecule has 1 fully saturated rings. The first-order valence-corrected chi connectivity index (χ1v) is 8.99. The largest absolute Gasteiger partial charge is 0.385 e. The molecule has 1 N–H and O–H groups in total. The average Bonchev–Trinajstić information content (AvgIpc) is 2.66. The van der Waals surface area contributed by atoms with Gasteiger partial charge in [-0.15, -0.1) is 0 Å². The highest BCUT2D eigenvalue weighted by Crippen LogP contribution is 2.20. The molecule has 0 saturated carbocycles. The zero-order chi connectivity index (χ0) is 18.4. The van der Waals surface area contributed by atoms with Crippen LogP contribution in [0.3, 0.4) is 0 Å². The zero-order valence-electron chi connectivity index (χ0n) is 15.4. The van der Waals surface area contributed by atoms with E-state index < -0.39 is 0 Å². The lowest BCUT2D eigenvalue weighted by atomic mass is 10.2. The van der Waals surface area contributed by atoms with Gasteiger partial charge in [0.25, 0.3) is 0 Å². The Labute approximate surface area is 154 Å². The van der Waals surface area contributed by atoms with Crippen LogP contribution in [0, 0.1) is 12.7 Å². The molecule has 0 spiro atoms. The number of rotatable bonds is 7. The first-order chi connectivity index (χ1) is 12.7. The van der Waals surface area contributed by atoms with E-state index in [4.69, 9.17) is 4.74 Å². The Morgan fingerprint density at radius 2 is 1.77 bits per heavy atom. The van der Waals surface area contributed by atoms with Crippen molar-refractivity contribution in [1.82, 2.24) is 9.97 Å². The van der Waals surface area contributed by atoms with Gasteiger partial charge in [0, 0.05) is 63.9 Å². The van der Waals surface area contributed by atoms with Crippen LogP contribution in [0.4, 0.5) is 21.8 Å². The van der Waals surface area contributed by atoms with Crippen LogP contribution in [0.25, 0.3) is 0 Å². The smallest absolute Gasteiger partial charge is 0.227 e. The molecule has 0 bridgehead atoms. The van der Waals surface area contributed by atoms with Crippen molar-refractivity contribution < 1.29 is 9.13 Å². The fraction of sp³-hybridized carbons (Fsp3) is 0.474. The van der Waals surface area contributed by atoms with Crippen LogP contribution in [-0.2, 0) is 4.74 Å². The molecule has 0 radical (unpaired) electrons. The van der Waals surface area contributed by atoms with Gasteiger partial charge in [-0.1, -0.05) is 0 Å². The first-order valence-electron chi connectivity index (χ1n) is 8.99. The number of halogens is 1. The van der Waals surface area contributed by atoms with E-state index in [1.54, 1.807) is 7.11 Å². The number of nitrogens with one attached hydrogen (secondary N) is 1. The van der Waals surface area contributed by atoms with Gasteiger partial charge in [-0.3, -0.25) is 0 Å². The summed E-state index contributed by atoms with van der Waals surface area (Å²) in [7, 11) is 1.71. The van der Waals surface area contributed by atoms with Gasteiger partial charge < -0.3 is 19.9 Å². The monoisotopic (exact) mass is 359 g/mol. The van der Waals surface area contributed by atoms with Crippen LogP contribution in [0.2, 0.25) is 0 Å². The molecular formula is C19H26FN5O. The predicted molar refractivity (Wildman–Crippen MR) is 103 cm³/mol. The Hall–Kier alpha value is -2.41. The minimum Gasteiger partial charge on any atom is -0.385 e. The molecule has 0 amide bonds. The number of hydrogen-bond donors (Lipinski definition) is 1. The fourth-order valence-electron chi connectivity index (χ4n) is 3.03. The highest BCUT2D eigenvalue weighted by Gasteiger charge is 2.20. The van der Waals surface area contributed by atoms with Crippen molar-refractivity contribution in [2.75, 3.05) is 61.6 Å². The summed E-state index contributed by atoms with van der Waals surface area (Å²) < 4.78 is 18.2. The lowest BCUT2D eigenvalue weighted by Gasteiger charge is -2.36. The molecule has 2 heterocycles. The minimum atomic E-state index is -0.203. The Kier molecular flexibility index (Phi) is 6.22. The number of aryl methyl sites for hydroxylation is 1. The third kappa shape index (κ3) is 4.82. The van der Waals surface area contributed by atoms with E-state index >= 15 is 0 Å². The van der Waals surface area contributed by atoms with Crippen molar-refractivity contribution in [2.24, 2.45) is 0 Å². The molecule has 1 aromatic heterocycles. The molecule has 26 heavy (non-hydrogen) atoms. The normalized spacial score (nSPS) is 14.6. The third-order valence-electron chi connectivity index (χ3n) is 4.43. The topological polar surface area (TPSA) is 53.5 Å². The second kappa shape index (κ2) is 8.80. The van der Waals surface area contributed by atoms with Gasteiger partial charge in [0.15, 0.2) is 0 Å². The fourth-order valence-corrected chi connectivity index (χ4v) is 3.03. The van der Waals surface area contributed by atoms with Crippen LogP contribution in [0.1, 0.15) is 12.1 Å². The quantitative estimate of drug-likeness (QED) is 0.767. The van der Waals surface area contributed by atoms with E-state index in [0.29, 0.717) is 0 Å². The molecule has 1 aromatic carbocycles. The number of anilines is 3. The number of methoxy groups -OCH3 is 1. The van der Waals surface area contributed by atoms with Crippen LogP contribution in [0.15, 0.2) is 30.3 Å². The summed E-state index contributed by atoms with van der Waals surface area (Å²) in [6.07, 6.45) is 0.936. The molecule has 3 rings (SSSR count). The van der Waals surface area contributed by atoms with Gasteiger partial charge in [0.2, 0.25) is 5.95 Å². The first kappa shape index (κ1) is 18.4. The summed E-state index contributed by atoms with van der Waals surface area (Å²) in [6, 6.07) is 8.64. The van der Waals surface area contributed by atoms with E-state index in [0.717, 1.165) is 68.9 Å². The van der Waals surface area contributed by atoms with Gasteiger partial charge in [-0.05, 0) is 37.6 Å². The molecule has 1 aliphatic heterocycles. The summed E-state index contributed by atoms with van der Waals surface area (Å²) in [4.78, 5) is 13.7. The van der Waals surface area contributed by atoms with Gasteiger partial charge in [-0.2, -0.15) is 4.98 Å². The summed E-state index contributed by atoms with van der Waals surface area (Å²) in [6.45, 7) is 6.94. The minimum absolute atomic E-state index is 0.203. The molecule has 6 nitrogen and oxygen atoms in total. The molecule has 7 heteroatoms. The SMILES string of the molecule is COCCCNc1cc(C)nc(N2CCN(c3ccc(F)cc3)CC2)n1. The number of hydrogen-bond acceptors (Lipinski definition) is 6. The van der Waals surface area contributed by atoms with Crippen LogP contribution in [0.5, 0.6) is 0 Å². The Morgan fingerprint density at radius 3 is 2.46 bits per heavy atom. The summed E-state index contributed by atoms with van der Waals surface area (Å²) in [5.74, 6) is 1.41. The lowest BCUT2D eigenvalue weighted by Crippen LogP contribution is -2.47. The zero-order valence-corrected chi connectivity index (χ0v) is 15.4. The Bertz CT molecular complexity index is 702. The van der Waals surface area contributed by atoms with Crippen molar-refractivity contribution in [1.29, 1.82) is 0 Å². The van der Waals surface area contributed by atoms with Gasteiger partial charge in [-0.25, -0.2) is 9.37 Å². The van der Waals surface area contributed by atoms with Crippen LogP contribution in [-0.4, -0.2) is 56.4 Å². The van der Waals surface area contributed by atoms with Crippen molar-refractivity contribution in [3.63, 3.8) is 0 Å². The summed E-state index contributed by atoms with van der Waals surface area (Å²) in [5.41, 5.74) is 2.00. The molecule has 0 unspecified atom stereocenters. The second-order valence-corrected chi connectivity index (χ2v) is 6.42. The van der Waals surface area contributed by atoms with Crippen LogP contribution < -0.4 is 15.1 Å². The maximum Gasteiger partial charge on any atom is 0.227 e. The molecule has 2 aromatic rings. The summed E-state index contributed by atoms with van der Waals surface area (Å²) in [5, 5.41) is 3.34. The second-order valence-electron chi connectivity index (χ2n) is 6.42. The maximum atomic E-state index is 13.1. The number of nitrogens with zero attached hydrogens (tertiary/aromatic N) is 4. The molecule has 140 valence electrons. The van der Waals surface area contributed by atoms with E-state index in [9.17, 15) is 4.39 Å². The molecule has 1 aliphatic rings. The molecule has 0 atom stereocenters. The van der Waals surface area contributed by atoms with E-state index in [2.05, 4.69) is 25.1 Å². The number of ether oxygens (including phenoxy) is 1. The van der Waals surface area contributed by atoms with E-state index in [-0.39, 0.29) is 5.82 Å². The Morgan fingerprint density at radius 1 is 1.08 bits per heavy atom. The number of piperazine rings is 1. The maximum absolute atomic E-state index is 13.1. The lowest BCUT2D eigenvalue weighted by molar-refractivity contribution is 0.198. The van der Waals surface area contributed by atoms with Crippen molar-refractivity contribution in [2.45, 2.75) is 13.3 Å².